The topological polar surface area (TPSA) is 98.3 Å². The summed E-state index contributed by atoms with van der Waals surface area (Å²) in [7, 11) is 1.92. The van der Waals surface area contributed by atoms with Gasteiger partial charge >= 0.3 is 0 Å². The number of carbonyl (C=O) groups is 1. The van der Waals surface area contributed by atoms with Crippen LogP contribution in [0.4, 0.5) is 16.0 Å². The Kier molecular flexibility index (Phi) is 6.50. The van der Waals surface area contributed by atoms with Crippen molar-refractivity contribution in [3.05, 3.63) is 93.6 Å². The van der Waals surface area contributed by atoms with Gasteiger partial charge in [-0.05, 0) is 71.9 Å². The van der Waals surface area contributed by atoms with Crippen LogP contribution in [0.5, 0.6) is 0 Å². The van der Waals surface area contributed by atoms with Crippen molar-refractivity contribution in [3.8, 4) is 11.3 Å². The summed E-state index contributed by atoms with van der Waals surface area (Å²) in [5.41, 5.74) is 5.43. The van der Waals surface area contributed by atoms with Gasteiger partial charge in [0.1, 0.15) is 5.82 Å². The van der Waals surface area contributed by atoms with E-state index in [0.29, 0.717) is 41.1 Å². The average molecular weight is 574 g/mol. The fraction of sp³-hybridized carbons (Fsp3) is 0.214. The van der Waals surface area contributed by atoms with Gasteiger partial charge < -0.3 is 20.5 Å². The lowest BCUT2D eigenvalue weighted by Gasteiger charge is -2.16. The highest BCUT2D eigenvalue weighted by Gasteiger charge is 2.26. The van der Waals surface area contributed by atoms with Gasteiger partial charge in [-0.25, -0.2) is 14.4 Å². The third-order valence-corrected chi connectivity index (χ3v) is 7.38. The molecule has 1 atom stereocenters. The van der Waals surface area contributed by atoms with Gasteiger partial charge in [0.05, 0.1) is 28.2 Å². The van der Waals surface area contributed by atoms with Crippen molar-refractivity contribution in [1.29, 1.82) is 0 Å². The molecular formula is C28H25BrFN7O. The van der Waals surface area contributed by atoms with Crippen LogP contribution < -0.4 is 10.6 Å². The first-order valence-electron chi connectivity index (χ1n) is 12.4. The number of fused-ring (bicyclic) bond motifs is 3. The molecule has 1 unspecified atom stereocenters. The van der Waals surface area contributed by atoms with Gasteiger partial charge in [0, 0.05) is 53.3 Å². The Bertz CT molecular complexity index is 1550. The summed E-state index contributed by atoms with van der Waals surface area (Å²) in [4.78, 5) is 32.0. The van der Waals surface area contributed by atoms with Gasteiger partial charge in [0.2, 0.25) is 5.95 Å². The molecule has 2 aliphatic heterocycles. The molecule has 0 saturated carbocycles. The van der Waals surface area contributed by atoms with E-state index < -0.39 is 0 Å². The highest BCUT2D eigenvalue weighted by atomic mass is 79.9. The van der Waals surface area contributed by atoms with Crippen molar-refractivity contribution in [2.24, 2.45) is 4.99 Å². The highest BCUT2D eigenvalue weighted by Crippen LogP contribution is 2.34. The maximum atomic E-state index is 14.7. The van der Waals surface area contributed by atoms with Crippen LogP contribution in [0.1, 0.15) is 33.6 Å². The molecule has 6 rings (SSSR count). The fourth-order valence-corrected chi connectivity index (χ4v) is 5.34. The summed E-state index contributed by atoms with van der Waals surface area (Å²) >= 11 is 3.51. The third-order valence-electron chi connectivity index (χ3n) is 6.95. The van der Waals surface area contributed by atoms with Crippen LogP contribution in [-0.2, 0) is 6.54 Å². The number of likely N-dealkylation sites (tertiary alicyclic amines) is 1. The molecule has 3 N–H and O–H groups in total. The van der Waals surface area contributed by atoms with Crippen LogP contribution in [0, 0.1) is 5.82 Å². The minimum absolute atomic E-state index is 0.0341. The van der Waals surface area contributed by atoms with E-state index in [0.717, 1.165) is 46.6 Å². The van der Waals surface area contributed by atoms with Crippen molar-refractivity contribution in [3.63, 3.8) is 0 Å². The van der Waals surface area contributed by atoms with Crippen LogP contribution in [-0.4, -0.2) is 57.6 Å². The van der Waals surface area contributed by atoms with Crippen molar-refractivity contribution in [2.45, 2.75) is 19.0 Å². The molecule has 0 radical (unpaired) electrons. The standard InChI is InChI=1S/C28H25BrFN7O/c1-31-19-10-11-37(15-19)27(38)16-6-8-18(9-7-16)34-28-33-14-17-13-32-25(20-4-2-3-5-22(20)30)26-21(24(17)36-28)12-23(29)35-26/h2-9,12,14,19,31,35H,10-11,13,15H2,1H3,(H,33,34,36). The highest BCUT2D eigenvalue weighted by molar-refractivity contribution is 9.10. The Morgan fingerprint density at radius 1 is 1.16 bits per heavy atom. The number of amides is 1. The Hall–Kier alpha value is -3.89. The number of nitrogens with zero attached hydrogens (tertiary/aromatic N) is 4. The largest absolute Gasteiger partial charge is 0.347 e. The van der Waals surface area contributed by atoms with Crippen molar-refractivity contribution in [2.75, 3.05) is 25.5 Å². The van der Waals surface area contributed by atoms with Gasteiger partial charge in [0.25, 0.3) is 5.91 Å². The maximum Gasteiger partial charge on any atom is 0.253 e. The molecule has 10 heteroatoms. The second-order valence-electron chi connectivity index (χ2n) is 9.35. The van der Waals surface area contributed by atoms with Gasteiger partial charge in [0.15, 0.2) is 0 Å². The van der Waals surface area contributed by atoms with Crippen LogP contribution >= 0.6 is 15.9 Å². The molecule has 0 aliphatic carbocycles. The molecule has 38 heavy (non-hydrogen) atoms. The van der Waals surface area contributed by atoms with E-state index in [1.165, 1.54) is 6.07 Å². The lowest BCUT2D eigenvalue weighted by Crippen LogP contribution is -2.33. The molecule has 4 aromatic rings. The van der Waals surface area contributed by atoms with E-state index in [1.54, 1.807) is 24.4 Å². The van der Waals surface area contributed by atoms with Crippen LogP contribution in [0.3, 0.4) is 0 Å². The molecule has 1 saturated heterocycles. The van der Waals surface area contributed by atoms with E-state index in [4.69, 9.17) is 9.98 Å². The van der Waals surface area contributed by atoms with Crippen LogP contribution in [0.2, 0.25) is 0 Å². The summed E-state index contributed by atoms with van der Waals surface area (Å²) in [6.45, 7) is 1.80. The number of carbonyl (C=O) groups excluding carboxylic acids is 1. The Labute approximate surface area is 227 Å². The summed E-state index contributed by atoms with van der Waals surface area (Å²) in [5, 5.41) is 6.48. The fourth-order valence-electron chi connectivity index (χ4n) is 4.92. The zero-order valence-electron chi connectivity index (χ0n) is 20.6. The number of hydrogen-bond donors (Lipinski definition) is 3. The zero-order chi connectivity index (χ0) is 26.2. The summed E-state index contributed by atoms with van der Waals surface area (Å²) in [6.07, 6.45) is 2.70. The smallest absolute Gasteiger partial charge is 0.253 e. The SMILES string of the molecule is CNC1CCN(C(=O)c2ccc(Nc3ncc4c(n3)-c3cc(Br)[nH]c3C(c3ccccc3F)=NC4)cc2)C1. The van der Waals surface area contributed by atoms with Gasteiger partial charge in [-0.2, -0.15) is 0 Å². The number of aromatic nitrogens is 3. The normalized spacial score (nSPS) is 16.4. The first-order chi connectivity index (χ1) is 18.5. The molecule has 4 heterocycles. The number of H-pyrrole nitrogens is 1. The van der Waals surface area contributed by atoms with Crippen molar-refractivity contribution >= 4 is 39.2 Å². The van der Waals surface area contributed by atoms with Gasteiger partial charge in [-0.1, -0.05) is 12.1 Å². The Balaban J connectivity index is 1.26. The number of nitrogens with one attached hydrogen (secondary N) is 3. The number of aliphatic imine (C=N–C) groups is 1. The Morgan fingerprint density at radius 2 is 1.97 bits per heavy atom. The molecule has 1 fully saturated rings. The molecule has 2 aromatic carbocycles. The maximum absolute atomic E-state index is 14.7. The first kappa shape index (κ1) is 24.4. The van der Waals surface area contributed by atoms with Crippen molar-refractivity contribution < 1.29 is 9.18 Å². The molecule has 2 aliphatic rings. The van der Waals surface area contributed by atoms with E-state index in [2.05, 4.69) is 36.5 Å². The molecule has 192 valence electrons. The van der Waals surface area contributed by atoms with E-state index >= 15 is 0 Å². The quantitative estimate of drug-likeness (QED) is 0.315. The monoisotopic (exact) mass is 573 g/mol. The third kappa shape index (κ3) is 4.61. The average Bonchev–Trinajstić information content (AvgIpc) is 3.54. The zero-order valence-corrected chi connectivity index (χ0v) is 22.2. The predicted molar refractivity (Wildman–Crippen MR) is 148 cm³/mol. The number of aromatic amines is 1. The lowest BCUT2D eigenvalue weighted by molar-refractivity contribution is 0.0789. The Morgan fingerprint density at radius 3 is 2.74 bits per heavy atom. The second-order valence-corrected chi connectivity index (χ2v) is 10.2. The second kappa shape index (κ2) is 10.1. The summed E-state index contributed by atoms with van der Waals surface area (Å²) in [6, 6.07) is 16.2. The number of anilines is 2. The van der Waals surface area contributed by atoms with Crippen molar-refractivity contribution in [1.82, 2.24) is 25.2 Å². The molecular weight excluding hydrogens is 549 g/mol. The minimum atomic E-state index is -0.337. The van der Waals surface area contributed by atoms with E-state index in [1.807, 2.05) is 42.3 Å². The van der Waals surface area contributed by atoms with E-state index in [9.17, 15) is 9.18 Å². The lowest BCUT2D eigenvalue weighted by atomic mass is 10.0. The molecule has 0 bridgehead atoms. The van der Waals surface area contributed by atoms with E-state index in [-0.39, 0.29) is 11.7 Å². The number of hydrogen-bond acceptors (Lipinski definition) is 6. The van der Waals surface area contributed by atoms with Crippen LogP contribution in [0.15, 0.2) is 70.4 Å². The first-order valence-corrected chi connectivity index (χ1v) is 13.2. The van der Waals surface area contributed by atoms with Crippen LogP contribution in [0.25, 0.3) is 11.3 Å². The molecule has 2 aromatic heterocycles. The number of rotatable bonds is 5. The number of benzene rings is 2. The van der Waals surface area contributed by atoms with Gasteiger partial charge in [-0.15, -0.1) is 0 Å². The number of likely N-dealkylation sites (N-methyl/N-ethyl adjacent to an activating group) is 1. The molecule has 8 nitrogen and oxygen atoms in total. The van der Waals surface area contributed by atoms with Gasteiger partial charge in [-0.3, -0.25) is 9.79 Å². The number of halogens is 2. The predicted octanol–water partition coefficient (Wildman–Crippen LogP) is 4.90. The minimum Gasteiger partial charge on any atom is -0.347 e. The molecule has 1 amide bonds. The summed E-state index contributed by atoms with van der Waals surface area (Å²) in [5.74, 6) is 0.111. The summed E-state index contributed by atoms with van der Waals surface area (Å²) < 4.78 is 15.4. The molecule has 0 spiro atoms.